The number of anilines is 1. The minimum absolute atomic E-state index is 0.194. The van der Waals surface area contributed by atoms with E-state index in [2.05, 4.69) is 44.1 Å². The molecule has 1 saturated heterocycles. The highest BCUT2D eigenvalue weighted by molar-refractivity contribution is 5.91. The molecule has 1 aliphatic heterocycles. The number of hydrogen-bond acceptors (Lipinski definition) is 7. The molecule has 3 aromatic rings. The molecule has 8 heteroatoms. The predicted molar refractivity (Wildman–Crippen MR) is 136 cm³/mol. The van der Waals surface area contributed by atoms with Gasteiger partial charge in [-0.05, 0) is 50.0 Å². The second-order valence-corrected chi connectivity index (χ2v) is 10.4. The highest BCUT2D eigenvalue weighted by Crippen LogP contribution is 2.35. The first-order chi connectivity index (χ1) is 17.2. The lowest BCUT2D eigenvalue weighted by Crippen LogP contribution is -2.35. The van der Waals surface area contributed by atoms with Crippen molar-refractivity contribution in [1.82, 2.24) is 24.6 Å². The van der Waals surface area contributed by atoms with Crippen LogP contribution in [0.5, 0.6) is 0 Å². The molecule has 0 amide bonds. The third-order valence-corrected chi connectivity index (χ3v) is 7.97. The number of nitrogens with zero attached hydrogens (tertiary/aromatic N) is 5. The van der Waals surface area contributed by atoms with E-state index in [4.69, 9.17) is 14.8 Å². The first-order valence-electron chi connectivity index (χ1n) is 13.3. The Bertz CT molecular complexity index is 1130. The van der Waals surface area contributed by atoms with Gasteiger partial charge in [0.15, 0.2) is 5.65 Å². The van der Waals surface area contributed by atoms with Crippen molar-refractivity contribution in [2.75, 3.05) is 38.2 Å². The van der Waals surface area contributed by atoms with E-state index in [0.717, 1.165) is 93.3 Å². The summed E-state index contributed by atoms with van der Waals surface area (Å²) < 4.78 is 7.58. The van der Waals surface area contributed by atoms with Crippen LogP contribution in [0.15, 0.2) is 30.5 Å². The number of aliphatic hydroxyl groups is 1. The molecule has 0 radical (unpaired) electrons. The molecule has 0 bridgehead atoms. The molecule has 0 atom stereocenters. The third kappa shape index (κ3) is 5.06. The number of ether oxygens (including phenoxy) is 1. The van der Waals surface area contributed by atoms with Crippen molar-refractivity contribution in [2.24, 2.45) is 5.92 Å². The predicted octanol–water partition coefficient (Wildman–Crippen LogP) is 4.01. The molecule has 8 nitrogen and oxygen atoms in total. The van der Waals surface area contributed by atoms with Crippen molar-refractivity contribution in [2.45, 2.75) is 63.6 Å². The lowest BCUT2D eigenvalue weighted by molar-refractivity contribution is 0.0342. The van der Waals surface area contributed by atoms with Gasteiger partial charge < -0.3 is 15.2 Å². The highest BCUT2D eigenvalue weighted by Gasteiger charge is 2.26. The molecule has 2 saturated carbocycles. The molecule has 2 aromatic heterocycles. The summed E-state index contributed by atoms with van der Waals surface area (Å²) in [5.41, 5.74) is 4.23. The lowest BCUT2D eigenvalue weighted by Gasteiger charge is -2.26. The summed E-state index contributed by atoms with van der Waals surface area (Å²) in [5.74, 6) is 1.43. The molecule has 3 aliphatic rings. The van der Waals surface area contributed by atoms with E-state index >= 15 is 0 Å². The quantitative estimate of drug-likeness (QED) is 0.533. The SMILES string of the molecule is O[C@H]1CC[C@H](n2nc(-c3ccc(CN4CCOCC4)cc3)c3cnc(NCC4CCC4)nc32)CC1. The first kappa shape index (κ1) is 22.9. The van der Waals surface area contributed by atoms with Gasteiger partial charge in [0, 0.05) is 37.9 Å². The van der Waals surface area contributed by atoms with Crippen LogP contribution in [0.3, 0.4) is 0 Å². The number of aliphatic hydroxyl groups excluding tert-OH is 1. The van der Waals surface area contributed by atoms with Gasteiger partial charge in [-0.15, -0.1) is 0 Å². The maximum atomic E-state index is 10.0. The number of benzene rings is 1. The van der Waals surface area contributed by atoms with Crippen LogP contribution in [0.25, 0.3) is 22.3 Å². The average Bonchev–Trinajstić information content (AvgIpc) is 3.24. The van der Waals surface area contributed by atoms with Gasteiger partial charge in [0.2, 0.25) is 5.95 Å². The van der Waals surface area contributed by atoms with E-state index in [-0.39, 0.29) is 12.1 Å². The van der Waals surface area contributed by atoms with Crippen molar-refractivity contribution >= 4 is 17.0 Å². The maximum absolute atomic E-state index is 10.0. The van der Waals surface area contributed by atoms with Crippen LogP contribution in [0.1, 0.15) is 56.6 Å². The van der Waals surface area contributed by atoms with Gasteiger partial charge in [0.1, 0.15) is 5.69 Å². The van der Waals surface area contributed by atoms with Crippen LogP contribution in [0.2, 0.25) is 0 Å². The molecule has 2 aliphatic carbocycles. The Kier molecular flexibility index (Phi) is 6.67. The maximum Gasteiger partial charge on any atom is 0.224 e. The Morgan fingerprint density at radius 2 is 1.77 bits per heavy atom. The summed E-state index contributed by atoms with van der Waals surface area (Å²) in [5, 5.41) is 19.6. The Labute approximate surface area is 206 Å². The molecule has 0 unspecified atom stereocenters. The first-order valence-corrected chi connectivity index (χ1v) is 13.3. The third-order valence-electron chi connectivity index (χ3n) is 7.97. The zero-order valence-corrected chi connectivity index (χ0v) is 20.4. The molecule has 35 heavy (non-hydrogen) atoms. The highest BCUT2D eigenvalue weighted by atomic mass is 16.5. The molecule has 3 heterocycles. The van der Waals surface area contributed by atoms with Gasteiger partial charge in [0.25, 0.3) is 0 Å². The summed E-state index contributed by atoms with van der Waals surface area (Å²) in [6.07, 6.45) is 9.14. The molecule has 6 rings (SSSR count). The second-order valence-electron chi connectivity index (χ2n) is 10.4. The van der Waals surface area contributed by atoms with Crippen molar-refractivity contribution in [3.8, 4) is 11.3 Å². The molecule has 186 valence electrons. The average molecular weight is 477 g/mol. The Hall–Kier alpha value is -2.55. The minimum atomic E-state index is -0.194. The van der Waals surface area contributed by atoms with E-state index in [9.17, 15) is 5.11 Å². The summed E-state index contributed by atoms with van der Waals surface area (Å²) in [6, 6.07) is 9.03. The van der Waals surface area contributed by atoms with Gasteiger partial charge in [-0.2, -0.15) is 10.1 Å². The van der Waals surface area contributed by atoms with Crippen LogP contribution < -0.4 is 5.32 Å². The fourth-order valence-electron chi connectivity index (χ4n) is 5.50. The number of morpholine rings is 1. The van der Waals surface area contributed by atoms with E-state index in [1.807, 2.05) is 6.20 Å². The topological polar surface area (TPSA) is 88.3 Å². The summed E-state index contributed by atoms with van der Waals surface area (Å²) >= 11 is 0. The molecule has 0 spiro atoms. The molecule has 1 aromatic carbocycles. The monoisotopic (exact) mass is 476 g/mol. The van der Waals surface area contributed by atoms with Crippen LogP contribution in [-0.4, -0.2) is 68.7 Å². The summed E-state index contributed by atoms with van der Waals surface area (Å²) in [7, 11) is 0. The van der Waals surface area contributed by atoms with Crippen molar-refractivity contribution in [3.05, 3.63) is 36.0 Å². The molecular weight excluding hydrogens is 440 g/mol. The zero-order valence-electron chi connectivity index (χ0n) is 20.4. The lowest BCUT2D eigenvalue weighted by atomic mass is 9.85. The second kappa shape index (κ2) is 10.2. The van der Waals surface area contributed by atoms with Crippen molar-refractivity contribution < 1.29 is 9.84 Å². The standard InChI is InChI=1S/C27H36N6O2/c34-23-10-8-22(9-11-23)33-26-24(17-29-27(30-26)28-16-19-2-1-3-19)25(31-33)21-6-4-20(5-7-21)18-32-12-14-35-15-13-32/h4-7,17,19,22-23,34H,1-3,8-16,18H2,(H,28,29,30)/t22-,23-. The van der Waals surface area contributed by atoms with Crippen LogP contribution in [-0.2, 0) is 11.3 Å². The molecular formula is C27H36N6O2. The van der Waals surface area contributed by atoms with Gasteiger partial charge in [-0.25, -0.2) is 9.67 Å². The molecule has 2 N–H and O–H groups in total. The number of fused-ring (bicyclic) bond motifs is 1. The zero-order chi connectivity index (χ0) is 23.6. The van der Waals surface area contributed by atoms with E-state index in [0.29, 0.717) is 5.95 Å². The van der Waals surface area contributed by atoms with Crippen LogP contribution >= 0.6 is 0 Å². The van der Waals surface area contributed by atoms with Gasteiger partial charge in [-0.3, -0.25) is 4.90 Å². The summed E-state index contributed by atoms with van der Waals surface area (Å²) in [6.45, 7) is 5.49. The number of nitrogens with one attached hydrogen (secondary N) is 1. The smallest absolute Gasteiger partial charge is 0.224 e. The fraction of sp³-hybridized carbons (Fsp3) is 0.593. The number of rotatable bonds is 7. The Balaban J connectivity index is 1.28. The van der Waals surface area contributed by atoms with Gasteiger partial charge >= 0.3 is 0 Å². The largest absolute Gasteiger partial charge is 0.393 e. The molecule has 3 fully saturated rings. The van der Waals surface area contributed by atoms with E-state index < -0.39 is 0 Å². The van der Waals surface area contributed by atoms with E-state index in [1.54, 1.807) is 0 Å². The Morgan fingerprint density at radius 3 is 2.49 bits per heavy atom. The minimum Gasteiger partial charge on any atom is -0.393 e. The van der Waals surface area contributed by atoms with Crippen molar-refractivity contribution in [3.63, 3.8) is 0 Å². The fourth-order valence-corrected chi connectivity index (χ4v) is 5.50. The normalized spacial score (nSPS) is 23.9. The Morgan fingerprint density at radius 1 is 1.00 bits per heavy atom. The summed E-state index contributed by atoms with van der Waals surface area (Å²) in [4.78, 5) is 12.0. The van der Waals surface area contributed by atoms with Gasteiger partial charge in [-0.1, -0.05) is 30.7 Å². The number of aromatic nitrogens is 4. The van der Waals surface area contributed by atoms with Crippen LogP contribution in [0, 0.1) is 5.92 Å². The van der Waals surface area contributed by atoms with E-state index in [1.165, 1.54) is 24.8 Å². The van der Waals surface area contributed by atoms with Crippen LogP contribution in [0.4, 0.5) is 5.95 Å². The van der Waals surface area contributed by atoms with Crippen molar-refractivity contribution in [1.29, 1.82) is 0 Å². The number of hydrogen-bond donors (Lipinski definition) is 2. The van der Waals surface area contributed by atoms with Gasteiger partial charge in [0.05, 0.1) is 30.7 Å².